The molecule has 2 nitrogen and oxygen atoms in total. The van der Waals surface area contributed by atoms with Crippen molar-refractivity contribution in [3.05, 3.63) is 41.7 Å². The van der Waals surface area contributed by atoms with Gasteiger partial charge in [-0.3, -0.25) is 0 Å². The molecule has 0 bridgehead atoms. The Bertz CT molecular complexity index is 174. The number of rotatable bonds is 0. The van der Waals surface area contributed by atoms with Crippen LogP contribution in [0, 0.1) is 6.07 Å². The van der Waals surface area contributed by atoms with Crippen molar-refractivity contribution in [2.45, 2.75) is 12.8 Å². The fourth-order valence-electron chi connectivity index (χ4n) is 1.21. The summed E-state index contributed by atoms with van der Waals surface area (Å²) in [7, 11) is 9.78. The van der Waals surface area contributed by atoms with Crippen molar-refractivity contribution >= 4 is 18.6 Å². The summed E-state index contributed by atoms with van der Waals surface area (Å²) >= 11 is -0.556. The van der Waals surface area contributed by atoms with Gasteiger partial charge in [0.25, 0.3) is 0 Å². The average Bonchev–Trinajstić information content (AvgIpc) is 2.32. The molecule has 1 aliphatic heterocycles. The summed E-state index contributed by atoms with van der Waals surface area (Å²) < 4.78 is 0. The Labute approximate surface area is 121 Å². The van der Waals surface area contributed by atoms with Crippen LogP contribution < -0.4 is 5.32 Å². The largest absolute Gasteiger partial charge is 0.184 e. The molecule has 0 unspecified atom stereocenters. The van der Waals surface area contributed by atoms with Crippen molar-refractivity contribution in [2.75, 3.05) is 26.2 Å². The zero-order valence-corrected chi connectivity index (χ0v) is 12.9. The monoisotopic (exact) mass is 308 g/mol. The second kappa shape index (κ2) is 16.4. The summed E-state index contributed by atoms with van der Waals surface area (Å²) in [5, 5.41) is 7.62. The molecule has 0 aliphatic carbocycles. The molecule has 0 aromatic heterocycles. The molecule has 0 spiro atoms. The molecule has 96 valence electrons. The molecule has 0 radical (unpaired) electrons. The molecular weight excluding hydrogens is 291 g/mol. The van der Waals surface area contributed by atoms with E-state index in [2.05, 4.69) is 16.7 Å². The van der Waals surface area contributed by atoms with Gasteiger partial charge >= 0.3 is 35.6 Å². The van der Waals surface area contributed by atoms with Crippen LogP contribution in [0.25, 0.3) is 5.32 Å². The molecule has 1 saturated heterocycles. The van der Waals surface area contributed by atoms with Crippen molar-refractivity contribution < 1.29 is 17.0 Å². The molecule has 5 heteroatoms. The number of nitrogens with one attached hydrogen (secondary N) is 1. The number of hydrogen-bond donors (Lipinski definition) is 1. The third-order valence-electron chi connectivity index (χ3n) is 1.95. The number of nitrogens with zero attached hydrogens (tertiary/aromatic N) is 1. The van der Waals surface area contributed by atoms with Gasteiger partial charge in [-0.2, -0.15) is 36.4 Å². The maximum Gasteiger partial charge on any atom is -0.171 e. The van der Waals surface area contributed by atoms with Crippen molar-refractivity contribution in [3.8, 4) is 0 Å². The van der Waals surface area contributed by atoms with Crippen LogP contribution in [0.3, 0.4) is 0 Å². The van der Waals surface area contributed by atoms with Crippen LogP contribution in [0.1, 0.15) is 12.8 Å². The Kier molecular flexibility index (Phi) is 16.9. The van der Waals surface area contributed by atoms with Crippen LogP contribution in [-0.4, -0.2) is 26.2 Å². The second-order valence-corrected chi connectivity index (χ2v) is 5.86. The summed E-state index contributed by atoms with van der Waals surface area (Å²) in [6.45, 7) is 4.44. The van der Waals surface area contributed by atoms with Gasteiger partial charge in [0.2, 0.25) is 0 Å². The van der Waals surface area contributed by atoms with Crippen molar-refractivity contribution in [1.82, 2.24) is 5.32 Å². The van der Waals surface area contributed by atoms with E-state index in [1.807, 2.05) is 30.3 Å². The van der Waals surface area contributed by atoms with E-state index in [4.69, 9.17) is 18.6 Å². The van der Waals surface area contributed by atoms with Crippen LogP contribution in [0.2, 0.25) is 0 Å². The third kappa shape index (κ3) is 16.4. The first-order chi connectivity index (χ1) is 8.41. The van der Waals surface area contributed by atoms with E-state index >= 15 is 0 Å². The van der Waals surface area contributed by atoms with Gasteiger partial charge in [0.05, 0.1) is 0 Å². The molecule has 1 aliphatic rings. The minimum atomic E-state index is -0.556. The van der Waals surface area contributed by atoms with Crippen LogP contribution in [0.15, 0.2) is 30.3 Å². The number of halogens is 2. The average molecular weight is 309 g/mol. The van der Waals surface area contributed by atoms with Gasteiger partial charge in [-0.15, -0.1) is 13.1 Å². The Morgan fingerprint density at radius 1 is 1.00 bits per heavy atom. The van der Waals surface area contributed by atoms with Crippen molar-refractivity contribution in [3.63, 3.8) is 0 Å². The van der Waals surface area contributed by atoms with Gasteiger partial charge in [-0.25, -0.2) is 0 Å². The van der Waals surface area contributed by atoms with E-state index in [-0.39, 0.29) is 0 Å². The van der Waals surface area contributed by atoms with Crippen LogP contribution in [0.4, 0.5) is 0 Å². The Morgan fingerprint density at radius 3 is 1.88 bits per heavy atom. The molecule has 0 atom stereocenters. The van der Waals surface area contributed by atoms with Gasteiger partial charge in [0.15, 0.2) is 0 Å². The smallest absolute Gasteiger partial charge is 0.171 e. The zero-order valence-electron chi connectivity index (χ0n) is 9.83. The quantitative estimate of drug-likeness (QED) is 0.575. The summed E-state index contributed by atoms with van der Waals surface area (Å²) in [4.78, 5) is 0. The normalized spacial score (nSPS) is 14.9. The van der Waals surface area contributed by atoms with Crippen LogP contribution in [-0.2, 0) is 17.0 Å². The maximum absolute atomic E-state index is 4.89. The van der Waals surface area contributed by atoms with Crippen LogP contribution >= 0.6 is 18.6 Å². The van der Waals surface area contributed by atoms with E-state index in [1.54, 1.807) is 0 Å². The molecule has 1 fully saturated rings. The first-order valence-electron chi connectivity index (χ1n) is 5.63. The van der Waals surface area contributed by atoms with Gasteiger partial charge in [-0.1, -0.05) is 12.8 Å². The van der Waals surface area contributed by atoms with E-state index < -0.39 is 17.0 Å². The Balaban J connectivity index is 0.000000252. The number of benzene rings is 1. The molecule has 1 aromatic carbocycles. The first-order valence-corrected chi connectivity index (χ1v) is 9.93. The van der Waals surface area contributed by atoms with E-state index in [0.29, 0.717) is 0 Å². The van der Waals surface area contributed by atoms with E-state index in [0.717, 1.165) is 26.2 Å². The van der Waals surface area contributed by atoms with E-state index in [9.17, 15) is 0 Å². The minimum absolute atomic E-state index is 0.556. The van der Waals surface area contributed by atoms with Gasteiger partial charge in [-0.05, 0) is 13.1 Å². The Morgan fingerprint density at radius 2 is 1.53 bits per heavy atom. The summed E-state index contributed by atoms with van der Waals surface area (Å²) in [5.74, 6) is 0. The molecule has 2 rings (SSSR count). The molecular formula is C12H18Cl2N2Ti-2. The summed E-state index contributed by atoms with van der Waals surface area (Å²) in [5.41, 5.74) is 0. The fraction of sp³-hybridized carbons (Fsp3) is 0.500. The molecule has 0 saturated carbocycles. The predicted octanol–water partition coefficient (Wildman–Crippen LogP) is 3.61. The van der Waals surface area contributed by atoms with E-state index in [1.165, 1.54) is 12.8 Å². The Hall–Kier alpha value is 0.434. The number of hydrogen-bond acceptors (Lipinski definition) is 1. The predicted molar refractivity (Wildman–Crippen MR) is 72.2 cm³/mol. The first kappa shape index (κ1) is 17.4. The topological polar surface area (TPSA) is 26.1 Å². The molecule has 0 amide bonds. The molecule has 1 heterocycles. The van der Waals surface area contributed by atoms with Crippen LogP contribution in [0.5, 0.6) is 0 Å². The maximum atomic E-state index is 4.89. The fourth-order valence-corrected chi connectivity index (χ4v) is 1.21. The molecule has 17 heavy (non-hydrogen) atoms. The SMILES string of the molecule is C1C[N-]CCCNC1.[Cl][Ti][Cl].[c-]1ccccc1. The molecule has 1 N–H and O–H groups in total. The minimum Gasteiger partial charge on any atom is -0.184 e. The summed E-state index contributed by atoms with van der Waals surface area (Å²) in [6, 6.07) is 12.5. The van der Waals surface area contributed by atoms with Gasteiger partial charge < -0.3 is 10.6 Å². The van der Waals surface area contributed by atoms with Gasteiger partial charge in [0, 0.05) is 0 Å². The van der Waals surface area contributed by atoms with Crippen molar-refractivity contribution in [1.29, 1.82) is 0 Å². The summed E-state index contributed by atoms with van der Waals surface area (Å²) in [6.07, 6.45) is 2.44. The zero-order chi connectivity index (χ0) is 12.6. The van der Waals surface area contributed by atoms with Gasteiger partial charge in [0.1, 0.15) is 0 Å². The molecule has 1 aromatic rings. The third-order valence-corrected chi connectivity index (χ3v) is 1.95. The second-order valence-electron chi connectivity index (χ2n) is 3.28. The standard InChI is InChI=1S/C6H13N2.C6H5.2ClH.Ti/c1-3-7-5-2-6-8-4-1;1-2-4-6-5-3-1;;;/h7H,1-6H2;1-5H;2*1H;/q2*-1;;;+2/p-2. The van der Waals surface area contributed by atoms with Crippen molar-refractivity contribution in [2.24, 2.45) is 0 Å².